The minimum atomic E-state index is 0.233. The molecule has 2 rings (SSSR count). The van der Waals surface area contributed by atoms with Crippen LogP contribution in [0.5, 0.6) is 0 Å². The van der Waals surface area contributed by atoms with Gasteiger partial charge < -0.3 is 15.3 Å². The fourth-order valence-corrected chi connectivity index (χ4v) is 2.58. The van der Waals surface area contributed by atoms with Crippen molar-refractivity contribution < 1.29 is 5.11 Å². The van der Waals surface area contributed by atoms with Gasteiger partial charge >= 0.3 is 0 Å². The lowest BCUT2D eigenvalue weighted by atomic mass is 10.2. The Labute approximate surface area is 120 Å². The molecule has 6 heteroatoms. The first-order valence-corrected chi connectivity index (χ1v) is 7.33. The highest BCUT2D eigenvalue weighted by Gasteiger charge is 2.21. The van der Waals surface area contributed by atoms with Crippen LogP contribution in [0.4, 0.5) is 11.6 Å². The largest absolute Gasteiger partial charge is 0.395 e. The van der Waals surface area contributed by atoms with Crippen LogP contribution in [0.2, 0.25) is 0 Å². The van der Waals surface area contributed by atoms with Crippen LogP contribution in [-0.4, -0.2) is 66.4 Å². The van der Waals surface area contributed by atoms with Crippen LogP contribution in [0.15, 0.2) is 0 Å². The molecule has 0 atom stereocenters. The molecule has 20 heavy (non-hydrogen) atoms. The number of rotatable bonds is 5. The van der Waals surface area contributed by atoms with Gasteiger partial charge in [0.05, 0.1) is 6.61 Å². The van der Waals surface area contributed by atoms with Crippen LogP contribution >= 0.6 is 0 Å². The normalized spacial score (nSPS) is 16.5. The molecular weight excluding hydrogens is 254 g/mol. The van der Waals surface area contributed by atoms with E-state index in [1.54, 1.807) is 0 Å². The predicted molar refractivity (Wildman–Crippen MR) is 81.4 cm³/mol. The van der Waals surface area contributed by atoms with Crippen LogP contribution in [-0.2, 0) is 6.42 Å². The Morgan fingerprint density at radius 3 is 2.45 bits per heavy atom. The van der Waals surface area contributed by atoms with Gasteiger partial charge in [0.1, 0.15) is 17.5 Å². The summed E-state index contributed by atoms with van der Waals surface area (Å²) >= 11 is 0. The van der Waals surface area contributed by atoms with Crippen LogP contribution in [0.25, 0.3) is 0 Å². The van der Waals surface area contributed by atoms with Crippen molar-refractivity contribution in [2.45, 2.75) is 20.3 Å². The van der Waals surface area contributed by atoms with Crippen LogP contribution in [0.1, 0.15) is 18.3 Å². The van der Waals surface area contributed by atoms with E-state index in [4.69, 9.17) is 10.1 Å². The molecule has 112 valence electrons. The van der Waals surface area contributed by atoms with Crippen LogP contribution in [0, 0.1) is 6.92 Å². The molecule has 0 saturated carbocycles. The SMILES string of the molecule is CCc1nc(NC)c(C)c(N2CCN(CCO)CC2)n1. The first-order chi connectivity index (χ1) is 9.69. The summed E-state index contributed by atoms with van der Waals surface area (Å²) in [4.78, 5) is 13.8. The van der Waals surface area contributed by atoms with Gasteiger partial charge in [-0.3, -0.25) is 4.90 Å². The number of aromatic nitrogens is 2. The number of aliphatic hydroxyl groups excluding tert-OH is 1. The second-order valence-electron chi connectivity index (χ2n) is 5.09. The molecule has 6 nitrogen and oxygen atoms in total. The van der Waals surface area contributed by atoms with Crippen molar-refractivity contribution in [2.24, 2.45) is 0 Å². The quantitative estimate of drug-likeness (QED) is 0.818. The highest BCUT2D eigenvalue weighted by Crippen LogP contribution is 2.24. The lowest BCUT2D eigenvalue weighted by molar-refractivity contribution is 0.188. The maximum Gasteiger partial charge on any atom is 0.137 e. The highest BCUT2D eigenvalue weighted by atomic mass is 16.3. The van der Waals surface area contributed by atoms with E-state index in [9.17, 15) is 0 Å². The molecule has 0 radical (unpaired) electrons. The number of nitrogens with one attached hydrogen (secondary N) is 1. The third-order valence-electron chi connectivity index (χ3n) is 3.81. The summed E-state index contributed by atoms with van der Waals surface area (Å²) in [6.07, 6.45) is 0.840. The first kappa shape index (κ1) is 15.0. The number of piperazine rings is 1. The number of aliphatic hydroxyl groups is 1. The molecule has 0 spiro atoms. The molecule has 2 N–H and O–H groups in total. The number of hydrogen-bond acceptors (Lipinski definition) is 6. The lowest BCUT2D eigenvalue weighted by Crippen LogP contribution is -2.47. The van der Waals surface area contributed by atoms with Crippen molar-refractivity contribution in [3.05, 3.63) is 11.4 Å². The Balaban J connectivity index is 2.16. The zero-order chi connectivity index (χ0) is 14.5. The highest BCUT2D eigenvalue weighted by molar-refractivity contribution is 5.58. The van der Waals surface area contributed by atoms with Gasteiger partial charge in [-0.1, -0.05) is 6.92 Å². The van der Waals surface area contributed by atoms with Gasteiger partial charge in [0, 0.05) is 51.8 Å². The molecule has 1 fully saturated rings. The molecule has 1 saturated heterocycles. The monoisotopic (exact) mass is 279 g/mol. The molecule has 0 aliphatic carbocycles. The minimum absolute atomic E-state index is 0.233. The maximum atomic E-state index is 9.00. The minimum Gasteiger partial charge on any atom is -0.395 e. The van der Waals surface area contributed by atoms with Gasteiger partial charge in [-0.2, -0.15) is 0 Å². The van der Waals surface area contributed by atoms with E-state index in [1.807, 2.05) is 7.05 Å². The summed E-state index contributed by atoms with van der Waals surface area (Å²) < 4.78 is 0. The Hall–Kier alpha value is -1.40. The molecule has 0 unspecified atom stereocenters. The molecule has 1 aliphatic rings. The molecular formula is C14H25N5O. The number of β-amino-alcohol motifs (C(OH)–C–C–N with tert-alkyl or cyclic N) is 1. The van der Waals surface area contributed by atoms with Gasteiger partial charge in [0.25, 0.3) is 0 Å². The number of anilines is 2. The average molecular weight is 279 g/mol. The summed E-state index contributed by atoms with van der Waals surface area (Å²) in [6.45, 7) is 8.98. The van der Waals surface area contributed by atoms with Crippen molar-refractivity contribution in [1.82, 2.24) is 14.9 Å². The smallest absolute Gasteiger partial charge is 0.137 e. The van der Waals surface area contributed by atoms with Gasteiger partial charge in [-0.15, -0.1) is 0 Å². The van der Waals surface area contributed by atoms with E-state index in [-0.39, 0.29) is 6.61 Å². The van der Waals surface area contributed by atoms with Crippen molar-refractivity contribution in [3.63, 3.8) is 0 Å². The van der Waals surface area contributed by atoms with E-state index in [1.165, 1.54) is 0 Å². The van der Waals surface area contributed by atoms with Crippen molar-refractivity contribution >= 4 is 11.6 Å². The molecule has 0 amide bonds. The molecule has 0 aromatic carbocycles. The van der Waals surface area contributed by atoms with E-state index in [0.717, 1.165) is 62.2 Å². The van der Waals surface area contributed by atoms with Crippen LogP contribution in [0.3, 0.4) is 0 Å². The Bertz CT molecular complexity index is 443. The average Bonchev–Trinajstić information content (AvgIpc) is 2.49. The first-order valence-electron chi connectivity index (χ1n) is 7.33. The second kappa shape index (κ2) is 6.85. The molecule has 0 bridgehead atoms. The standard InChI is InChI=1S/C14H25N5O/c1-4-12-16-13(15-3)11(2)14(17-12)19-7-5-18(6-8-19)9-10-20/h20H,4-10H2,1-3H3,(H,15,16,17). The van der Waals surface area contributed by atoms with E-state index in [2.05, 4.69) is 33.9 Å². The van der Waals surface area contributed by atoms with E-state index >= 15 is 0 Å². The predicted octanol–water partition coefficient (Wildman–Crippen LogP) is 0.503. The zero-order valence-electron chi connectivity index (χ0n) is 12.7. The number of nitrogens with zero attached hydrogens (tertiary/aromatic N) is 4. The topological polar surface area (TPSA) is 64.5 Å². The molecule has 2 heterocycles. The lowest BCUT2D eigenvalue weighted by Gasteiger charge is -2.36. The van der Waals surface area contributed by atoms with Crippen molar-refractivity contribution in [1.29, 1.82) is 0 Å². The summed E-state index contributed by atoms with van der Waals surface area (Å²) in [5, 5.41) is 12.2. The number of aryl methyl sites for hydroxylation is 1. The van der Waals surface area contributed by atoms with E-state index in [0.29, 0.717) is 0 Å². The fourth-order valence-electron chi connectivity index (χ4n) is 2.58. The molecule has 1 aromatic rings. The van der Waals surface area contributed by atoms with Gasteiger partial charge in [-0.25, -0.2) is 9.97 Å². The summed E-state index contributed by atoms with van der Waals surface area (Å²) in [5.74, 6) is 2.85. The van der Waals surface area contributed by atoms with E-state index < -0.39 is 0 Å². The van der Waals surface area contributed by atoms with Crippen molar-refractivity contribution in [3.8, 4) is 0 Å². The Morgan fingerprint density at radius 2 is 1.90 bits per heavy atom. The molecule has 1 aromatic heterocycles. The summed E-state index contributed by atoms with van der Waals surface area (Å²) in [5.41, 5.74) is 1.11. The third kappa shape index (κ3) is 3.19. The fraction of sp³-hybridized carbons (Fsp3) is 0.714. The Morgan fingerprint density at radius 1 is 1.20 bits per heavy atom. The van der Waals surface area contributed by atoms with Gasteiger partial charge in [0.2, 0.25) is 0 Å². The Kier molecular flexibility index (Phi) is 5.14. The molecule has 1 aliphatic heterocycles. The van der Waals surface area contributed by atoms with Crippen molar-refractivity contribution in [2.75, 3.05) is 56.6 Å². The summed E-state index contributed by atoms with van der Waals surface area (Å²) in [6, 6.07) is 0. The number of hydrogen-bond donors (Lipinski definition) is 2. The second-order valence-corrected chi connectivity index (χ2v) is 5.09. The summed E-state index contributed by atoms with van der Waals surface area (Å²) in [7, 11) is 1.90. The van der Waals surface area contributed by atoms with Crippen LogP contribution < -0.4 is 10.2 Å². The van der Waals surface area contributed by atoms with Gasteiger partial charge in [-0.05, 0) is 6.92 Å². The maximum absolute atomic E-state index is 9.00. The zero-order valence-corrected chi connectivity index (χ0v) is 12.7. The third-order valence-corrected chi connectivity index (χ3v) is 3.81. The van der Waals surface area contributed by atoms with Gasteiger partial charge in [0.15, 0.2) is 0 Å².